The van der Waals surface area contributed by atoms with Crippen LogP contribution in [0, 0.1) is 13.8 Å². The maximum absolute atomic E-state index is 12.4. The van der Waals surface area contributed by atoms with E-state index in [1.165, 1.54) is 6.33 Å². The summed E-state index contributed by atoms with van der Waals surface area (Å²) in [6.45, 7) is 4.08. The summed E-state index contributed by atoms with van der Waals surface area (Å²) in [5, 5.41) is 7.18. The second kappa shape index (κ2) is 4.15. The maximum atomic E-state index is 12.4. The second-order valence-corrected chi connectivity index (χ2v) is 5.39. The third-order valence-electron chi connectivity index (χ3n) is 4.17. The molecule has 0 radical (unpaired) electrons. The molecule has 1 atom stereocenters. The minimum atomic E-state index is -0.375. The number of anilines is 1. The van der Waals surface area contributed by atoms with Gasteiger partial charge in [-0.2, -0.15) is 5.10 Å². The standard InChI is InChI=1S/C16H14N4O/c1-9-7-20-15(10(9)2)14(17-8-18-20)13-11-5-3-4-6-12(11)19-16(13)21/h3-8,13H,1-2H3,(H,19,21). The minimum Gasteiger partial charge on any atom is -0.325 e. The van der Waals surface area contributed by atoms with Gasteiger partial charge in [0.05, 0.1) is 11.2 Å². The molecule has 0 spiro atoms. The first-order valence-electron chi connectivity index (χ1n) is 6.86. The molecule has 0 aliphatic carbocycles. The Morgan fingerprint density at radius 3 is 2.90 bits per heavy atom. The van der Waals surface area contributed by atoms with Crippen molar-refractivity contribution in [2.45, 2.75) is 19.8 Å². The van der Waals surface area contributed by atoms with Crippen molar-refractivity contribution in [3.05, 3.63) is 59.2 Å². The number of aromatic nitrogens is 3. The molecule has 1 unspecified atom stereocenters. The van der Waals surface area contributed by atoms with Gasteiger partial charge in [-0.25, -0.2) is 9.50 Å². The number of carbonyl (C=O) groups is 1. The van der Waals surface area contributed by atoms with Crippen LogP contribution < -0.4 is 5.32 Å². The zero-order valence-corrected chi connectivity index (χ0v) is 11.8. The lowest BCUT2D eigenvalue weighted by Crippen LogP contribution is -2.16. The van der Waals surface area contributed by atoms with E-state index in [1.54, 1.807) is 4.52 Å². The highest BCUT2D eigenvalue weighted by molar-refractivity contribution is 6.05. The van der Waals surface area contributed by atoms with Crippen molar-refractivity contribution in [3.8, 4) is 0 Å². The van der Waals surface area contributed by atoms with Gasteiger partial charge >= 0.3 is 0 Å². The van der Waals surface area contributed by atoms with Crippen LogP contribution in [0.1, 0.15) is 28.3 Å². The number of amides is 1. The quantitative estimate of drug-likeness (QED) is 0.743. The molecule has 104 valence electrons. The first kappa shape index (κ1) is 12.1. The van der Waals surface area contributed by atoms with Gasteiger partial charge in [0.25, 0.3) is 0 Å². The molecule has 3 aromatic rings. The summed E-state index contributed by atoms with van der Waals surface area (Å²) in [5.41, 5.74) is 5.78. The van der Waals surface area contributed by atoms with E-state index >= 15 is 0 Å². The third kappa shape index (κ3) is 1.60. The second-order valence-electron chi connectivity index (χ2n) is 5.39. The molecular formula is C16H14N4O. The van der Waals surface area contributed by atoms with Gasteiger partial charge < -0.3 is 5.32 Å². The van der Waals surface area contributed by atoms with E-state index in [4.69, 9.17) is 0 Å². The Labute approximate surface area is 121 Å². The Kier molecular flexibility index (Phi) is 2.39. The molecule has 5 heteroatoms. The highest BCUT2D eigenvalue weighted by Crippen LogP contribution is 2.38. The zero-order valence-electron chi connectivity index (χ0n) is 11.8. The summed E-state index contributed by atoms with van der Waals surface area (Å²) in [4.78, 5) is 16.8. The van der Waals surface area contributed by atoms with Gasteiger partial charge in [-0.15, -0.1) is 0 Å². The number of hydrogen-bond donors (Lipinski definition) is 1. The van der Waals surface area contributed by atoms with E-state index in [0.29, 0.717) is 0 Å². The van der Waals surface area contributed by atoms with Gasteiger partial charge in [0.15, 0.2) is 0 Å². The van der Waals surface area contributed by atoms with E-state index in [9.17, 15) is 4.79 Å². The zero-order chi connectivity index (χ0) is 14.6. The number of nitrogens with one attached hydrogen (secondary N) is 1. The van der Waals surface area contributed by atoms with Crippen LogP contribution >= 0.6 is 0 Å². The largest absolute Gasteiger partial charge is 0.325 e. The van der Waals surface area contributed by atoms with Crippen molar-refractivity contribution in [1.29, 1.82) is 0 Å². The van der Waals surface area contributed by atoms with E-state index < -0.39 is 0 Å². The normalized spacial score (nSPS) is 17.0. The fourth-order valence-corrected chi connectivity index (χ4v) is 3.00. The number of aryl methyl sites for hydroxylation is 2. The van der Waals surface area contributed by atoms with Gasteiger partial charge in [-0.05, 0) is 36.6 Å². The van der Waals surface area contributed by atoms with Crippen LogP contribution in [0.2, 0.25) is 0 Å². The fourth-order valence-electron chi connectivity index (χ4n) is 3.00. The molecule has 0 saturated heterocycles. The highest BCUT2D eigenvalue weighted by atomic mass is 16.2. The van der Waals surface area contributed by atoms with E-state index in [1.807, 2.05) is 44.3 Å². The molecular weight excluding hydrogens is 264 g/mol. The lowest BCUT2D eigenvalue weighted by Gasteiger charge is -2.10. The average Bonchev–Trinajstić information content (AvgIpc) is 2.96. The molecule has 21 heavy (non-hydrogen) atoms. The molecule has 0 fully saturated rings. The molecule has 5 nitrogen and oxygen atoms in total. The molecule has 2 aromatic heterocycles. The summed E-state index contributed by atoms with van der Waals surface area (Å²) >= 11 is 0. The van der Waals surface area contributed by atoms with Gasteiger partial charge in [-0.1, -0.05) is 18.2 Å². The monoisotopic (exact) mass is 278 g/mol. The molecule has 3 heterocycles. The van der Waals surface area contributed by atoms with Crippen molar-refractivity contribution >= 4 is 17.1 Å². The van der Waals surface area contributed by atoms with Crippen molar-refractivity contribution in [1.82, 2.24) is 14.6 Å². The molecule has 1 N–H and O–H groups in total. The highest BCUT2D eigenvalue weighted by Gasteiger charge is 2.34. The van der Waals surface area contributed by atoms with Crippen LogP contribution in [-0.4, -0.2) is 20.5 Å². The number of carbonyl (C=O) groups excluding carboxylic acids is 1. The first-order chi connectivity index (χ1) is 10.2. The number of nitrogens with zero attached hydrogens (tertiary/aromatic N) is 3. The van der Waals surface area contributed by atoms with Crippen molar-refractivity contribution in [3.63, 3.8) is 0 Å². The summed E-state index contributed by atoms with van der Waals surface area (Å²) in [6.07, 6.45) is 3.48. The number of hydrogen-bond acceptors (Lipinski definition) is 3. The lowest BCUT2D eigenvalue weighted by molar-refractivity contribution is -0.116. The Morgan fingerprint density at radius 2 is 2.05 bits per heavy atom. The topological polar surface area (TPSA) is 59.3 Å². The summed E-state index contributed by atoms with van der Waals surface area (Å²) < 4.78 is 1.81. The summed E-state index contributed by atoms with van der Waals surface area (Å²) in [5.74, 6) is -0.408. The molecule has 0 saturated carbocycles. The molecule has 1 amide bonds. The predicted octanol–water partition coefficient (Wildman–Crippen LogP) is 2.43. The van der Waals surface area contributed by atoms with Crippen LogP contribution in [0.25, 0.3) is 5.52 Å². The van der Waals surface area contributed by atoms with Crippen LogP contribution in [0.4, 0.5) is 5.69 Å². The fraction of sp³-hybridized carbons (Fsp3) is 0.188. The number of fused-ring (bicyclic) bond motifs is 2. The smallest absolute Gasteiger partial charge is 0.238 e. The molecule has 0 bridgehead atoms. The summed E-state index contributed by atoms with van der Waals surface area (Å²) in [7, 11) is 0. The van der Waals surface area contributed by atoms with Gasteiger partial charge in [0.2, 0.25) is 5.91 Å². The van der Waals surface area contributed by atoms with Gasteiger partial charge in [0, 0.05) is 11.9 Å². The Morgan fingerprint density at radius 1 is 1.24 bits per heavy atom. The number of para-hydroxylation sites is 1. The van der Waals surface area contributed by atoms with Crippen molar-refractivity contribution < 1.29 is 4.79 Å². The van der Waals surface area contributed by atoms with Crippen LogP contribution in [0.3, 0.4) is 0 Å². The third-order valence-corrected chi connectivity index (χ3v) is 4.17. The van der Waals surface area contributed by atoms with Crippen molar-refractivity contribution in [2.75, 3.05) is 5.32 Å². The lowest BCUT2D eigenvalue weighted by atomic mass is 9.95. The Balaban J connectivity index is 2.01. The molecule has 1 aliphatic heterocycles. The van der Waals surface area contributed by atoms with Gasteiger partial charge in [0.1, 0.15) is 12.2 Å². The van der Waals surface area contributed by atoms with E-state index in [0.717, 1.165) is 33.6 Å². The molecule has 4 rings (SSSR count). The Hall–Kier alpha value is -2.69. The minimum absolute atomic E-state index is 0.0324. The van der Waals surface area contributed by atoms with Crippen molar-refractivity contribution in [2.24, 2.45) is 0 Å². The number of benzene rings is 1. The molecule has 1 aliphatic rings. The predicted molar refractivity (Wildman–Crippen MR) is 79.4 cm³/mol. The SMILES string of the molecule is Cc1cn2ncnc(C3C(=O)Nc4ccccc43)c2c1C. The van der Waals surface area contributed by atoms with E-state index in [-0.39, 0.29) is 11.8 Å². The van der Waals surface area contributed by atoms with Crippen LogP contribution in [0.15, 0.2) is 36.8 Å². The average molecular weight is 278 g/mol. The number of rotatable bonds is 1. The Bertz CT molecular complexity index is 881. The van der Waals surface area contributed by atoms with Crippen LogP contribution in [0.5, 0.6) is 0 Å². The van der Waals surface area contributed by atoms with Crippen LogP contribution in [-0.2, 0) is 4.79 Å². The molecule has 1 aromatic carbocycles. The first-order valence-corrected chi connectivity index (χ1v) is 6.86. The maximum Gasteiger partial charge on any atom is 0.238 e. The summed E-state index contributed by atoms with van der Waals surface area (Å²) in [6, 6.07) is 7.76. The van der Waals surface area contributed by atoms with Gasteiger partial charge in [-0.3, -0.25) is 4.79 Å². The van der Waals surface area contributed by atoms with E-state index in [2.05, 4.69) is 15.4 Å².